The number of aryl methyl sites for hydroxylation is 1. The maximum absolute atomic E-state index is 13.1. The van der Waals surface area contributed by atoms with Crippen molar-refractivity contribution in [1.29, 1.82) is 0 Å². The minimum Gasteiger partial charge on any atom is -0.383 e. The van der Waals surface area contributed by atoms with Crippen LogP contribution in [0.5, 0.6) is 0 Å². The van der Waals surface area contributed by atoms with E-state index < -0.39 is 17.4 Å². The van der Waals surface area contributed by atoms with Crippen LogP contribution in [0.4, 0.5) is 0 Å². The SMILES string of the molecule is COCCN1C[C@]23C=C[C@H](O2)[C@H](C(=O)N(C)Cc2ncc(C)[nH]2)[C@H]3C1=O. The quantitative estimate of drug-likeness (QED) is 0.728. The van der Waals surface area contributed by atoms with Gasteiger partial charge in [-0.1, -0.05) is 12.2 Å². The molecule has 0 aliphatic carbocycles. The number of H-pyrrole nitrogens is 1. The Morgan fingerprint density at radius 1 is 1.58 bits per heavy atom. The van der Waals surface area contributed by atoms with Gasteiger partial charge in [0.25, 0.3) is 0 Å². The van der Waals surface area contributed by atoms with Crippen LogP contribution in [-0.2, 0) is 25.6 Å². The second kappa shape index (κ2) is 6.21. The predicted octanol–water partition coefficient (Wildman–Crippen LogP) is 0.105. The summed E-state index contributed by atoms with van der Waals surface area (Å²) in [6.07, 6.45) is 5.30. The Morgan fingerprint density at radius 3 is 3.08 bits per heavy atom. The molecule has 1 aromatic heterocycles. The molecular formula is C18H24N4O4. The lowest BCUT2D eigenvalue weighted by Crippen LogP contribution is -2.44. The lowest BCUT2D eigenvalue weighted by molar-refractivity contribution is -0.143. The average molecular weight is 360 g/mol. The zero-order chi connectivity index (χ0) is 18.5. The first kappa shape index (κ1) is 17.2. The van der Waals surface area contributed by atoms with E-state index in [1.54, 1.807) is 30.2 Å². The third-order valence-corrected chi connectivity index (χ3v) is 5.55. The van der Waals surface area contributed by atoms with E-state index in [0.29, 0.717) is 26.2 Å². The van der Waals surface area contributed by atoms with Crippen molar-refractivity contribution in [2.45, 2.75) is 25.2 Å². The van der Waals surface area contributed by atoms with Gasteiger partial charge in [-0.2, -0.15) is 0 Å². The first-order chi connectivity index (χ1) is 12.4. The van der Waals surface area contributed by atoms with Crippen LogP contribution in [-0.4, -0.2) is 77.1 Å². The summed E-state index contributed by atoms with van der Waals surface area (Å²) in [5.74, 6) is -0.312. The molecule has 0 unspecified atom stereocenters. The van der Waals surface area contributed by atoms with Crippen molar-refractivity contribution >= 4 is 11.8 Å². The van der Waals surface area contributed by atoms with E-state index in [1.165, 1.54) is 0 Å². The highest BCUT2D eigenvalue weighted by Crippen LogP contribution is 2.52. The summed E-state index contributed by atoms with van der Waals surface area (Å²) in [6, 6.07) is 0. The van der Waals surface area contributed by atoms with Gasteiger partial charge in [-0.15, -0.1) is 0 Å². The molecule has 3 aliphatic rings. The first-order valence-corrected chi connectivity index (χ1v) is 8.85. The predicted molar refractivity (Wildman–Crippen MR) is 92.0 cm³/mol. The number of methoxy groups -OCH3 is 1. The zero-order valence-corrected chi connectivity index (χ0v) is 15.3. The van der Waals surface area contributed by atoms with E-state index in [9.17, 15) is 9.59 Å². The summed E-state index contributed by atoms with van der Waals surface area (Å²) in [5.41, 5.74) is 0.281. The van der Waals surface area contributed by atoms with Crippen molar-refractivity contribution in [2.24, 2.45) is 11.8 Å². The second-order valence-corrected chi connectivity index (χ2v) is 7.36. The molecule has 8 nitrogen and oxygen atoms in total. The molecule has 26 heavy (non-hydrogen) atoms. The van der Waals surface area contributed by atoms with Crippen LogP contribution < -0.4 is 0 Å². The van der Waals surface area contributed by atoms with E-state index in [2.05, 4.69) is 9.97 Å². The summed E-state index contributed by atoms with van der Waals surface area (Å²) in [6.45, 7) is 3.76. The Hall–Kier alpha value is -2.19. The van der Waals surface area contributed by atoms with Crippen molar-refractivity contribution in [1.82, 2.24) is 19.8 Å². The zero-order valence-electron chi connectivity index (χ0n) is 15.3. The lowest BCUT2D eigenvalue weighted by atomic mass is 9.76. The molecule has 140 valence electrons. The molecule has 8 heteroatoms. The molecule has 0 radical (unpaired) electrons. The standard InChI is InChI=1S/C18H24N4O4/c1-11-8-19-13(20-11)9-21(2)16(23)14-12-4-5-18(26-12)10-22(6-7-25-3)17(24)15(14)18/h4-5,8,12,14-15H,6-7,9-10H2,1-3H3,(H,19,20)/t12-,14-,15-,18-/m0/s1. The van der Waals surface area contributed by atoms with Gasteiger partial charge in [0.15, 0.2) is 0 Å². The number of ether oxygens (including phenoxy) is 2. The van der Waals surface area contributed by atoms with E-state index in [0.717, 1.165) is 11.5 Å². The summed E-state index contributed by atoms with van der Waals surface area (Å²) >= 11 is 0. The smallest absolute Gasteiger partial charge is 0.230 e. The molecule has 2 bridgehead atoms. The van der Waals surface area contributed by atoms with Gasteiger partial charge in [0.2, 0.25) is 11.8 Å². The van der Waals surface area contributed by atoms with Crippen LogP contribution in [0.2, 0.25) is 0 Å². The van der Waals surface area contributed by atoms with Crippen LogP contribution in [0.15, 0.2) is 18.3 Å². The molecule has 1 spiro atoms. The number of aromatic amines is 1. The molecule has 2 saturated heterocycles. The number of imidazole rings is 1. The largest absolute Gasteiger partial charge is 0.383 e. The van der Waals surface area contributed by atoms with E-state index in [-0.39, 0.29) is 17.9 Å². The van der Waals surface area contributed by atoms with Crippen LogP contribution >= 0.6 is 0 Å². The Morgan fingerprint density at radius 2 is 2.38 bits per heavy atom. The molecule has 2 fully saturated rings. The Labute approximate surface area is 152 Å². The average Bonchev–Trinajstić information content (AvgIpc) is 3.34. The highest BCUT2D eigenvalue weighted by molar-refractivity contribution is 5.92. The minimum atomic E-state index is -0.669. The van der Waals surface area contributed by atoms with E-state index in [1.807, 2.05) is 19.1 Å². The third-order valence-electron chi connectivity index (χ3n) is 5.55. The summed E-state index contributed by atoms with van der Waals surface area (Å²) in [4.78, 5) is 36.8. The van der Waals surface area contributed by atoms with Gasteiger partial charge in [-0.05, 0) is 6.92 Å². The maximum atomic E-state index is 13.1. The number of fused-ring (bicyclic) bond motifs is 1. The Bertz CT molecular complexity index is 760. The number of likely N-dealkylation sites (tertiary alicyclic amines) is 1. The number of hydrogen-bond acceptors (Lipinski definition) is 5. The number of aromatic nitrogens is 2. The highest BCUT2D eigenvalue weighted by Gasteiger charge is 2.66. The number of nitrogens with one attached hydrogen (secondary N) is 1. The van der Waals surface area contributed by atoms with Crippen molar-refractivity contribution in [3.8, 4) is 0 Å². The first-order valence-electron chi connectivity index (χ1n) is 8.85. The highest BCUT2D eigenvalue weighted by atomic mass is 16.5. The minimum absolute atomic E-state index is 0.0190. The Kier molecular flexibility index (Phi) is 4.11. The van der Waals surface area contributed by atoms with Crippen LogP contribution in [0.1, 0.15) is 11.5 Å². The number of nitrogens with zero attached hydrogens (tertiary/aromatic N) is 3. The number of carbonyl (C=O) groups excluding carboxylic acids is 2. The Balaban J connectivity index is 1.52. The van der Waals surface area contributed by atoms with Gasteiger partial charge in [-0.3, -0.25) is 9.59 Å². The summed E-state index contributed by atoms with van der Waals surface area (Å²) < 4.78 is 11.2. The molecule has 0 aromatic carbocycles. The van der Waals surface area contributed by atoms with Crippen molar-refractivity contribution < 1.29 is 19.1 Å². The molecule has 4 rings (SSSR count). The molecule has 1 N–H and O–H groups in total. The van der Waals surface area contributed by atoms with Crippen molar-refractivity contribution in [2.75, 3.05) is 33.9 Å². The fourth-order valence-corrected chi connectivity index (χ4v) is 4.36. The van der Waals surface area contributed by atoms with Crippen LogP contribution in [0, 0.1) is 18.8 Å². The number of carbonyl (C=O) groups is 2. The molecule has 4 heterocycles. The number of rotatable bonds is 6. The monoisotopic (exact) mass is 360 g/mol. The lowest BCUT2D eigenvalue weighted by Gasteiger charge is -2.27. The van der Waals surface area contributed by atoms with Gasteiger partial charge in [0.1, 0.15) is 11.4 Å². The van der Waals surface area contributed by atoms with Gasteiger partial charge in [0.05, 0.1) is 37.6 Å². The van der Waals surface area contributed by atoms with E-state index in [4.69, 9.17) is 9.47 Å². The van der Waals surface area contributed by atoms with Gasteiger partial charge in [0, 0.05) is 32.6 Å². The molecule has 3 aliphatic heterocycles. The van der Waals surface area contributed by atoms with E-state index >= 15 is 0 Å². The number of amides is 2. The van der Waals surface area contributed by atoms with Crippen LogP contribution in [0.3, 0.4) is 0 Å². The van der Waals surface area contributed by atoms with Crippen molar-refractivity contribution in [3.63, 3.8) is 0 Å². The summed E-state index contributed by atoms with van der Waals surface area (Å²) in [7, 11) is 3.35. The molecule has 0 saturated carbocycles. The summed E-state index contributed by atoms with van der Waals surface area (Å²) in [5, 5.41) is 0. The topological polar surface area (TPSA) is 87.8 Å². The fraction of sp³-hybridized carbons (Fsp3) is 0.611. The fourth-order valence-electron chi connectivity index (χ4n) is 4.36. The van der Waals surface area contributed by atoms with Gasteiger partial charge < -0.3 is 24.3 Å². The molecular weight excluding hydrogens is 336 g/mol. The van der Waals surface area contributed by atoms with Crippen molar-refractivity contribution in [3.05, 3.63) is 29.9 Å². The van der Waals surface area contributed by atoms with Gasteiger partial charge in [-0.25, -0.2) is 4.98 Å². The van der Waals surface area contributed by atoms with Crippen LogP contribution in [0.25, 0.3) is 0 Å². The normalized spacial score (nSPS) is 31.7. The molecule has 2 amide bonds. The molecule has 4 atom stereocenters. The molecule has 1 aromatic rings. The second-order valence-electron chi connectivity index (χ2n) is 7.36. The van der Waals surface area contributed by atoms with Gasteiger partial charge >= 0.3 is 0 Å². The maximum Gasteiger partial charge on any atom is 0.230 e. The third kappa shape index (κ3) is 2.55. The number of hydrogen-bond donors (Lipinski definition) is 1.